The fraction of sp³-hybridized carbons (Fsp3) is 0.125. The highest BCUT2D eigenvalue weighted by molar-refractivity contribution is 7.98. The summed E-state index contributed by atoms with van der Waals surface area (Å²) in [6.45, 7) is 2.04. The molecule has 19 heavy (non-hydrogen) atoms. The van der Waals surface area contributed by atoms with Crippen LogP contribution in [0.3, 0.4) is 0 Å². The van der Waals surface area contributed by atoms with Crippen LogP contribution in [0.1, 0.15) is 11.3 Å². The highest BCUT2D eigenvalue weighted by Gasteiger charge is 2.04. The molecule has 0 aliphatic rings. The van der Waals surface area contributed by atoms with Crippen molar-refractivity contribution in [3.05, 3.63) is 65.9 Å². The maximum absolute atomic E-state index is 4.60. The van der Waals surface area contributed by atoms with Gasteiger partial charge in [-0.25, -0.2) is 9.97 Å². The van der Waals surface area contributed by atoms with E-state index in [1.165, 1.54) is 5.56 Å². The van der Waals surface area contributed by atoms with Gasteiger partial charge >= 0.3 is 0 Å². The number of aryl methyl sites for hydroxylation is 1. The van der Waals surface area contributed by atoms with Gasteiger partial charge in [0.25, 0.3) is 0 Å². The molecule has 0 fully saturated rings. The fourth-order valence-corrected chi connectivity index (χ4v) is 2.85. The van der Waals surface area contributed by atoms with Gasteiger partial charge in [-0.3, -0.25) is 0 Å². The van der Waals surface area contributed by atoms with Gasteiger partial charge in [-0.05, 0) is 18.6 Å². The van der Waals surface area contributed by atoms with Crippen LogP contribution in [-0.2, 0) is 5.75 Å². The lowest BCUT2D eigenvalue weighted by molar-refractivity contribution is 0.968. The van der Waals surface area contributed by atoms with E-state index in [-0.39, 0.29) is 0 Å². The molecular weight excluding hydrogens is 252 g/mol. The Bertz CT molecular complexity index is 695. The average Bonchev–Trinajstić information content (AvgIpc) is 2.46. The molecule has 0 amide bonds. The predicted octanol–water partition coefficient (Wildman–Crippen LogP) is 4.23. The summed E-state index contributed by atoms with van der Waals surface area (Å²) < 4.78 is 0. The molecule has 0 saturated heterocycles. The summed E-state index contributed by atoms with van der Waals surface area (Å²) in [6.07, 6.45) is 0. The monoisotopic (exact) mass is 266 g/mol. The van der Waals surface area contributed by atoms with Gasteiger partial charge in [0.05, 0.1) is 5.52 Å². The van der Waals surface area contributed by atoms with E-state index in [4.69, 9.17) is 0 Å². The summed E-state index contributed by atoms with van der Waals surface area (Å²) >= 11 is 1.68. The van der Waals surface area contributed by atoms with Crippen molar-refractivity contribution in [2.45, 2.75) is 17.8 Å². The van der Waals surface area contributed by atoms with Crippen molar-refractivity contribution in [3.63, 3.8) is 0 Å². The minimum Gasteiger partial charge on any atom is -0.227 e. The van der Waals surface area contributed by atoms with E-state index in [0.29, 0.717) is 0 Å². The number of rotatable bonds is 3. The second-order valence-electron chi connectivity index (χ2n) is 4.38. The summed E-state index contributed by atoms with van der Waals surface area (Å²) in [6, 6.07) is 18.5. The first-order chi connectivity index (χ1) is 9.33. The van der Waals surface area contributed by atoms with Gasteiger partial charge < -0.3 is 0 Å². The van der Waals surface area contributed by atoms with Gasteiger partial charge in [0.2, 0.25) is 0 Å². The zero-order valence-corrected chi connectivity index (χ0v) is 11.5. The maximum Gasteiger partial charge on any atom is 0.188 e. The van der Waals surface area contributed by atoms with Gasteiger partial charge in [0, 0.05) is 16.8 Å². The molecule has 1 aromatic heterocycles. The zero-order chi connectivity index (χ0) is 13.1. The maximum atomic E-state index is 4.60. The van der Waals surface area contributed by atoms with Crippen LogP contribution < -0.4 is 0 Å². The van der Waals surface area contributed by atoms with Crippen LogP contribution in [0.2, 0.25) is 0 Å². The van der Waals surface area contributed by atoms with Gasteiger partial charge in [0.15, 0.2) is 5.16 Å². The number of hydrogen-bond donors (Lipinski definition) is 0. The first-order valence-electron chi connectivity index (χ1n) is 6.23. The number of hydrogen-bond acceptors (Lipinski definition) is 3. The Balaban J connectivity index is 1.85. The van der Waals surface area contributed by atoms with E-state index in [2.05, 4.69) is 40.3 Å². The summed E-state index contributed by atoms with van der Waals surface area (Å²) in [5, 5.41) is 1.98. The first kappa shape index (κ1) is 12.2. The van der Waals surface area contributed by atoms with Crippen molar-refractivity contribution >= 4 is 22.7 Å². The largest absolute Gasteiger partial charge is 0.227 e. The molecule has 0 radical (unpaired) electrons. The molecule has 3 aromatic rings. The number of thioether (sulfide) groups is 1. The topological polar surface area (TPSA) is 25.8 Å². The molecular formula is C16H14N2S. The van der Waals surface area contributed by atoms with Crippen LogP contribution in [-0.4, -0.2) is 9.97 Å². The molecule has 0 saturated carbocycles. The third-order valence-corrected chi connectivity index (χ3v) is 3.90. The highest BCUT2D eigenvalue weighted by atomic mass is 32.2. The van der Waals surface area contributed by atoms with Gasteiger partial charge in [-0.1, -0.05) is 60.3 Å². The third kappa shape index (κ3) is 2.76. The number of fused-ring (bicyclic) bond motifs is 1. The van der Waals surface area contributed by atoms with E-state index < -0.39 is 0 Å². The molecule has 0 spiro atoms. The van der Waals surface area contributed by atoms with Crippen molar-refractivity contribution in [1.82, 2.24) is 9.97 Å². The lowest BCUT2D eigenvalue weighted by Gasteiger charge is -2.05. The average molecular weight is 266 g/mol. The Morgan fingerprint density at radius 2 is 1.63 bits per heavy atom. The van der Waals surface area contributed by atoms with Crippen LogP contribution >= 0.6 is 11.8 Å². The third-order valence-electron chi connectivity index (χ3n) is 2.98. The lowest BCUT2D eigenvalue weighted by atomic mass is 10.2. The molecule has 0 atom stereocenters. The fourth-order valence-electron chi connectivity index (χ4n) is 2.00. The second kappa shape index (κ2) is 5.41. The first-order valence-corrected chi connectivity index (χ1v) is 7.21. The summed E-state index contributed by atoms with van der Waals surface area (Å²) in [7, 11) is 0. The molecule has 94 valence electrons. The van der Waals surface area contributed by atoms with Crippen molar-refractivity contribution < 1.29 is 0 Å². The Morgan fingerprint density at radius 3 is 2.47 bits per heavy atom. The lowest BCUT2D eigenvalue weighted by Crippen LogP contribution is -1.93. The van der Waals surface area contributed by atoms with Crippen molar-refractivity contribution in [2.24, 2.45) is 0 Å². The summed E-state index contributed by atoms with van der Waals surface area (Å²) in [5.74, 6) is 0.901. The molecule has 0 aliphatic heterocycles. The van der Waals surface area contributed by atoms with Crippen molar-refractivity contribution in [2.75, 3.05) is 0 Å². The number of benzene rings is 2. The minimum atomic E-state index is 0.847. The Morgan fingerprint density at radius 1 is 0.895 bits per heavy atom. The number of nitrogens with zero attached hydrogens (tertiary/aromatic N) is 2. The molecule has 0 N–H and O–H groups in total. The van der Waals surface area contributed by atoms with Crippen LogP contribution in [0.25, 0.3) is 10.9 Å². The molecule has 0 aliphatic carbocycles. The Hall–Kier alpha value is -1.87. The van der Waals surface area contributed by atoms with E-state index in [1.54, 1.807) is 11.8 Å². The zero-order valence-electron chi connectivity index (χ0n) is 10.7. The van der Waals surface area contributed by atoms with Gasteiger partial charge in [-0.15, -0.1) is 0 Å². The molecule has 2 aromatic carbocycles. The Kier molecular flexibility index (Phi) is 3.47. The van der Waals surface area contributed by atoms with E-state index in [0.717, 1.165) is 27.5 Å². The van der Waals surface area contributed by atoms with Gasteiger partial charge in [-0.2, -0.15) is 0 Å². The molecule has 3 heteroatoms. The molecule has 2 nitrogen and oxygen atoms in total. The molecule has 0 bridgehead atoms. The van der Waals surface area contributed by atoms with Crippen LogP contribution in [0.4, 0.5) is 0 Å². The van der Waals surface area contributed by atoms with Gasteiger partial charge in [0.1, 0.15) is 0 Å². The summed E-state index contributed by atoms with van der Waals surface area (Å²) in [4.78, 5) is 9.17. The minimum absolute atomic E-state index is 0.847. The normalized spacial score (nSPS) is 10.8. The second-order valence-corrected chi connectivity index (χ2v) is 5.33. The SMILES string of the molecule is Cc1nc(SCc2ccccc2)nc2ccccc12. The van der Waals surface area contributed by atoms with Crippen LogP contribution in [0.15, 0.2) is 59.8 Å². The van der Waals surface area contributed by atoms with Crippen LogP contribution in [0, 0.1) is 6.92 Å². The number of aromatic nitrogens is 2. The predicted molar refractivity (Wildman–Crippen MR) is 80.3 cm³/mol. The number of para-hydroxylation sites is 1. The van der Waals surface area contributed by atoms with E-state index in [9.17, 15) is 0 Å². The van der Waals surface area contributed by atoms with E-state index in [1.807, 2.05) is 31.2 Å². The van der Waals surface area contributed by atoms with Crippen LogP contribution in [0.5, 0.6) is 0 Å². The molecule has 0 unspecified atom stereocenters. The summed E-state index contributed by atoms with van der Waals surface area (Å²) in [5.41, 5.74) is 3.36. The standard InChI is InChI=1S/C16H14N2S/c1-12-14-9-5-6-10-15(14)18-16(17-12)19-11-13-7-3-2-4-8-13/h2-10H,11H2,1H3. The highest BCUT2D eigenvalue weighted by Crippen LogP contribution is 2.23. The quantitative estimate of drug-likeness (QED) is 0.524. The van der Waals surface area contributed by atoms with Crippen molar-refractivity contribution in [1.29, 1.82) is 0 Å². The molecule has 1 heterocycles. The smallest absolute Gasteiger partial charge is 0.188 e. The Labute approximate surface area is 116 Å². The van der Waals surface area contributed by atoms with E-state index >= 15 is 0 Å². The van der Waals surface area contributed by atoms with Crippen molar-refractivity contribution in [3.8, 4) is 0 Å². The molecule has 3 rings (SSSR count).